The van der Waals surface area contributed by atoms with Crippen LogP contribution in [0.5, 0.6) is 0 Å². The zero-order chi connectivity index (χ0) is 15.1. The van der Waals surface area contributed by atoms with Gasteiger partial charge in [-0.25, -0.2) is 9.50 Å². The van der Waals surface area contributed by atoms with E-state index < -0.39 is 5.97 Å². The summed E-state index contributed by atoms with van der Waals surface area (Å²) in [6.07, 6.45) is 4.21. The maximum Gasteiger partial charge on any atom is 0.308 e. The fourth-order valence-corrected chi connectivity index (χ4v) is 3.00. The molecular weight excluding hydrogens is 268 g/mol. The summed E-state index contributed by atoms with van der Waals surface area (Å²) in [6.45, 7) is 6.88. The van der Waals surface area contributed by atoms with E-state index in [4.69, 9.17) is 0 Å². The van der Waals surface area contributed by atoms with E-state index in [1.54, 1.807) is 6.20 Å². The van der Waals surface area contributed by atoms with E-state index in [-0.39, 0.29) is 12.0 Å². The summed E-state index contributed by atoms with van der Waals surface area (Å²) >= 11 is 0. The number of carbonyl (C=O) groups is 1. The molecule has 1 aliphatic rings. The van der Waals surface area contributed by atoms with Crippen molar-refractivity contribution >= 4 is 17.3 Å². The van der Waals surface area contributed by atoms with Gasteiger partial charge in [0, 0.05) is 25.0 Å². The summed E-state index contributed by atoms with van der Waals surface area (Å²) in [6, 6.07) is 1.99. The summed E-state index contributed by atoms with van der Waals surface area (Å²) in [5, 5.41) is 13.8. The van der Waals surface area contributed by atoms with Crippen LogP contribution in [0, 0.1) is 5.92 Å². The molecule has 1 saturated heterocycles. The minimum atomic E-state index is -0.728. The Morgan fingerprint density at radius 2 is 2.24 bits per heavy atom. The monoisotopic (exact) mass is 288 g/mol. The third-order valence-corrected chi connectivity index (χ3v) is 4.32. The highest BCUT2D eigenvalue weighted by atomic mass is 16.4. The molecule has 6 nitrogen and oxygen atoms in total. The molecule has 0 saturated carbocycles. The molecule has 2 aromatic heterocycles. The van der Waals surface area contributed by atoms with Crippen LogP contribution in [-0.2, 0) is 4.79 Å². The SMILES string of the molecule is CC(C)c1cc2c(N3CCC(C(=O)O)C3C)nccn2n1. The number of carboxylic acids is 1. The van der Waals surface area contributed by atoms with Gasteiger partial charge in [0.25, 0.3) is 0 Å². The van der Waals surface area contributed by atoms with Gasteiger partial charge in [-0.3, -0.25) is 4.79 Å². The summed E-state index contributed by atoms with van der Waals surface area (Å²) in [5.74, 6) is 0.113. The summed E-state index contributed by atoms with van der Waals surface area (Å²) in [7, 11) is 0. The molecule has 3 rings (SSSR count). The Labute approximate surface area is 123 Å². The number of carboxylic acid groups (broad SMARTS) is 1. The van der Waals surface area contributed by atoms with Crippen LogP contribution in [0.15, 0.2) is 18.5 Å². The number of rotatable bonds is 3. The van der Waals surface area contributed by atoms with Gasteiger partial charge in [0.1, 0.15) is 5.52 Å². The number of aliphatic carboxylic acids is 1. The van der Waals surface area contributed by atoms with E-state index in [0.717, 1.165) is 17.0 Å². The smallest absolute Gasteiger partial charge is 0.308 e. The van der Waals surface area contributed by atoms with Crippen molar-refractivity contribution in [2.45, 2.75) is 39.2 Å². The van der Waals surface area contributed by atoms with Gasteiger partial charge in [-0.2, -0.15) is 5.10 Å². The molecule has 0 aliphatic carbocycles. The first-order valence-corrected chi connectivity index (χ1v) is 7.32. The van der Waals surface area contributed by atoms with Crippen molar-refractivity contribution < 1.29 is 9.90 Å². The normalized spacial score (nSPS) is 22.4. The quantitative estimate of drug-likeness (QED) is 0.937. The van der Waals surface area contributed by atoms with E-state index >= 15 is 0 Å². The lowest BCUT2D eigenvalue weighted by Gasteiger charge is -2.24. The second-order valence-electron chi connectivity index (χ2n) is 5.97. The molecule has 112 valence electrons. The maximum absolute atomic E-state index is 11.3. The van der Waals surface area contributed by atoms with Crippen LogP contribution in [0.3, 0.4) is 0 Å². The van der Waals surface area contributed by atoms with Crippen LogP contribution in [-0.4, -0.2) is 38.3 Å². The van der Waals surface area contributed by atoms with Crippen molar-refractivity contribution in [2.75, 3.05) is 11.4 Å². The Morgan fingerprint density at radius 3 is 2.86 bits per heavy atom. The summed E-state index contributed by atoms with van der Waals surface area (Å²) < 4.78 is 1.83. The summed E-state index contributed by atoms with van der Waals surface area (Å²) in [5.41, 5.74) is 1.96. The van der Waals surface area contributed by atoms with E-state index in [9.17, 15) is 9.90 Å². The lowest BCUT2D eigenvalue weighted by atomic mass is 10.0. The second-order valence-corrected chi connectivity index (χ2v) is 5.97. The van der Waals surface area contributed by atoms with E-state index in [0.29, 0.717) is 18.9 Å². The molecule has 3 heterocycles. The van der Waals surface area contributed by atoms with Crippen molar-refractivity contribution in [3.05, 3.63) is 24.2 Å². The van der Waals surface area contributed by atoms with Crippen molar-refractivity contribution in [1.29, 1.82) is 0 Å². The van der Waals surface area contributed by atoms with E-state index in [1.165, 1.54) is 0 Å². The van der Waals surface area contributed by atoms with Gasteiger partial charge in [0.2, 0.25) is 0 Å². The number of hydrogen-bond donors (Lipinski definition) is 1. The van der Waals surface area contributed by atoms with Gasteiger partial charge in [-0.15, -0.1) is 0 Å². The Kier molecular flexibility index (Phi) is 3.31. The Bertz CT molecular complexity index is 679. The topological polar surface area (TPSA) is 70.7 Å². The highest BCUT2D eigenvalue weighted by Crippen LogP contribution is 2.31. The molecule has 6 heteroatoms. The highest BCUT2D eigenvalue weighted by molar-refractivity contribution is 5.75. The Hall–Kier alpha value is -2.11. The fraction of sp³-hybridized carbons (Fsp3) is 0.533. The fourth-order valence-electron chi connectivity index (χ4n) is 3.00. The number of nitrogens with zero attached hydrogens (tertiary/aromatic N) is 4. The average Bonchev–Trinajstić information content (AvgIpc) is 3.01. The predicted molar refractivity (Wildman–Crippen MR) is 79.6 cm³/mol. The number of fused-ring (bicyclic) bond motifs is 1. The number of aromatic nitrogens is 3. The van der Waals surface area contributed by atoms with Crippen LogP contribution < -0.4 is 4.90 Å². The first kappa shape index (κ1) is 13.9. The highest BCUT2D eigenvalue weighted by Gasteiger charge is 2.37. The van der Waals surface area contributed by atoms with Crippen LogP contribution in [0.1, 0.15) is 38.8 Å². The zero-order valence-electron chi connectivity index (χ0n) is 12.5. The number of hydrogen-bond acceptors (Lipinski definition) is 4. The van der Waals surface area contributed by atoms with Crippen LogP contribution in [0.4, 0.5) is 5.82 Å². The Balaban J connectivity index is 2.03. The minimum absolute atomic E-state index is 0.0569. The molecule has 1 N–H and O–H groups in total. The van der Waals surface area contributed by atoms with Crippen LogP contribution >= 0.6 is 0 Å². The third-order valence-electron chi connectivity index (χ3n) is 4.32. The first-order valence-electron chi connectivity index (χ1n) is 7.32. The molecule has 21 heavy (non-hydrogen) atoms. The molecule has 0 spiro atoms. The molecule has 2 unspecified atom stereocenters. The molecule has 0 amide bonds. The third kappa shape index (κ3) is 2.24. The van der Waals surface area contributed by atoms with Gasteiger partial charge in [0.05, 0.1) is 11.6 Å². The van der Waals surface area contributed by atoms with Gasteiger partial charge in [-0.05, 0) is 25.3 Å². The standard InChI is InChI=1S/C15H20N4O2/c1-9(2)12-8-13-14(16-5-7-19(13)17-12)18-6-4-11(10(18)3)15(20)21/h5,7-11H,4,6H2,1-3H3,(H,20,21). The molecule has 0 radical (unpaired) electrons. The molecule has 0 aromatic carbocycles. The van der Waals surface area contributed by atoms with Gasteiger partial charge < -0.3 is 10.0 Å². The maximum atomic E-state index is 11.3. The minimum Gasteiger partial charge on any atom is -0.481 e. The van der Waals surface area contributed by atoms with Gasteiger partial charge >= 0.3 is 5.97 Å². The average molecular weight is 288 g/mol. The van der Waals surface area contributed by atoms with Gasteiger partial charge in [0.15, 0.2) is 5.82 Å². The Morgan fingerprint density at radius 1 is 1.48 bits per heavy atom. The van der Waals surface area contributed by atoms with Crippen molar-refractivity contribution in [3.8, 4) is 0 Å². The molecule has 0 bridgehead atoms. The molecule has 2 aromatic rings. The van der Waals surface area contributed by atoms with E-state index in [1.807, 2.05) is 23.7 Å². The first-order chi connectivity index (χ1) is 9.99. The van der Waals surface area contributed by atoms with Gasteiger partial charge in [-0.1, -0.05) is 13.8 Å². The van der Waals surface area contributed by atoms with Crippen molar-refractivity contribution in [3.63, 3.8) is 0 Å². The van der Waals surface area contributed by atoms with E-state index in [2.05, 4.69) is 28.8 Å². The largest absolute Gasteiger partial charge is 0.481 e. The summed E-state index contributed by atoms with van der Waals surface area (Å²) in [4.78, 5) is 17.8. The van der Waals surface area contributed by atoms with Crippen LogP contribution in [0.25, 0.3) is 5.52 Å². The lowest BCUT2D eigenvalue weighted by Crippen LogP contribution is -2.33. The molecule has 1 aliphatic heterocycles. The van der Waals surface area contributed by atoms with Crippen molar-refractivity contribution in [2.24, 2.45) is 5.92 Å². The van der Waals surface area contributed by atoms with Crippen LogP contribution in [0.2, 0.25) is 0 Å². The zero-order valence-corrected chi connectivity index (χ0v) is 12.5. The van der Waals surface area contributed by atoms with Crippen molar-refractivity contribution in [1.82, 2.24) is 14.6 Å². The molecule has 2 atom stereocenters. The molecular formula is C15H20N4O2. The molecule has 1 fully saturated rings. The lowest BCUT2D eigenvalue weighted by molar-refractivity contribution is -0.141. The second kappa shape index (κ2) is 5.02. The number of anilines is 1. The predicted octanol–water partition coefficient (Wildman–Crippen LogP) is 2.15.